The molecule has 0 spiro atoms. The Bertz CT molecular complexity index is 643. The summed E-state index contributed by atoms with van der Waals surface area (Å²) in [7, 11) is 0. The molecule has 2 heteroatoms. The predicted molar refractivity (Wildman–Crippen MR) is 78.0 cm³/mol. The highest BCUT2D eigenvalue weighted by atomic mass is 14.7. The van der Waals surface area contributed by atoms with Crippen LogP contribution >= 0.6 is 0 Å². The van der Waals surface area contributed by atoms with Gasteiger partial charge in [0.25, 0.3) is 0 Å². The molecule has 0 amide bonds. The van der Waals surface area contributed by atoms with Crippen molar-refractivity contribution in [2.75, 3.05) is 0 Å². The van der Waals surface area contributed by atoms with E-state index in [1.54, 1.807) is 0 Å². The summed E-state index contributed by atoms with van der Waals surface area (Å²) in [6, 6.07) is 12.6. The van der Waals surface area contributed by atoms with Gasteiger partial charge in [-0.2, -0.15) is 0 Å². The molecule has 1 unspecified atom stereocenters. The Morgan fingerprint density at radius 3 is 2.63 bits per heavy atom. The minimum Gasteiger partial charge on any atom is -0.305 e. The van der Waals surface area contributed by atoms with Gasteiger partial charge in [-0.1, -0.05) is 24.3 Å². The van der Waals surface area contributed by atoms with E-state index in [1.807, 2.05) is 19.1 Å². The first kappa shape index (κ1) is 12.1. The topological polar surface area (TPSA) is 36.7 Å². The molecule has 1 N–H and O–H groups in total. The van der Waals surface area contributed by atoms with Crippen LogP contribution in [0.5, 0.6) is 0 Å². The number of nitrogens with one attached hydrogen (secondary N) is 1. The fraction of sp³-hybridized carbons (Fsp3) is 0.294. The van der Waals surface area contributed by atoms with Crippen LogP contribution in [0.2, 0.25) is 0 Å². The molecule has 1 aromatic heterocycles. The van der Waals surface area contributed by atoms with Gasteiger partial charge in [0, 0.05) is 17.0 Å². The largest absolute Gasteiger partial charge is 0.305 e. The van der Waals surface area contributed by atoms with Gasteiger partial charge in [-0.3, -0.25) is 4.98 Å². The SMILES string of the molecule is Cc1ccc2c(n1)CC(c1ccccc1C)CC2=N. The number of fused-ring (bicyclic) bond motifs is 1. The molecule has 0 radical (unpaired) electrons. The van der Waals surface area contributed by atoms with Gasteiger partial charge in [0.05, 0.1) is 5.69 Å². The van der Waals surface area contributed by atoms with Gasteiger partial charge >= 0.3 is 0 Å². The summed E-state index contributed by atoms with van der Waals surface area (Å²) in [6.45, 7) is 4.17. The molecule has 0 fully saturated rings. The molecule has 1 aliphatic carbocycles. The fourth-order valence-electron chi connectivity index (χ4n) is 2.97. The molecule has 0 saturated carbocycles. The van der Waals surface area contributed by atoms with Gasteiger partial charge < -0.3 is 5.41 Å². The molecule has 2 nitrogen and oxygen atoms in total. The lowest BCUT2D eigenvalue weighted by Gasteiger charge is -2.26. The highest BCUT2D eigenvalue weighted by molar-refractivity contribution is 6.00. The summed E-state index contributed by atoms with van der Waals surface area (Å²) < 4.78 is 0. The number of aryl methyl sites for hydroxylation is 2. The minimum atomic E-state index is 0.399. The Labute approximate surface area is 114 Å². The van der Waals surface area contributed by atoms with Crippen LogP contribution in [0.15, 0.2) is 36.4 Å². The third kappa shape index (κ3) is 2.19. The smallest absolute Gasteiger partial charge is 0.0503 e. The summed E-state index contributed by atoms with van der Waals surface area (Å²) in [4.78, 5) is 4.63. The standard InChI is InChI=1S/C17H18N2/c1-11-5-3-4-6-14(11)13-9-16(18)15-8-7-12(2)19-17(15)10-13/h3-8,13,18H,9-10H2,1-2H3. The number of hydrogen-bond donors (Lipinski definition) is 1. The maximum Gasteiger partial charge on any atom is 0.0503 e. The Hall–Kier alpha value is -1.96. The molecule has 0 aliphatic heterocycles. The fourth-order valence-corrected chi connectivity index (χ4v) is 2.97. The molecule has 2 aromatic rings. The van der Waals surface area contributed by atoms with Crippen molar-refractivity contribution in [2.45, 2.75) is 32.6 Å². The number of benzene rings is 1. The predicted octanol–water partition coefficient (Wildman–Crippen LogP) is 3.80. The maximum atomic E-state index is 8.25. The van der Waals surface area contributed by atoms with Crippen molar-refractivity contribution < 1.29 is 0 Å². The lowest BCUT2D eigenvalue weighted by Crippen LogP contribution is -2.20. The van der Waals surface area contributed by atoms with E-state index >= 15 is 0 Å². The zero-order chi connectivity index (χ0) is 13.4. The van der Waals surface area contributed by atoms with E-state index < -0.39 is 0 Å². The molecular weight excluding hydrogens is 232 g/mol. The highest BCUT2D eigenvalue weighted by Crippen LogP contribution is 2.33. The van der Waals surface area contributed by atoms with E-state index in [0.29, 0.717) is 5.92 Å². The van der Waals surface area contributed by atoms with Crippen LogP contribution in [0.4, 0.5) is 0 Å². The summed E-state index contributed by atoms with van der Waals surface area (Å²) in [5.74, 6) is 0.399. The van der Waals surface area contributed by atoms with Crippen molar-refractivity contribution in [1.29, 1.82) is 5.41 Å². The molecule has 0 saturated heterocycles. The number of aromatic nitrogens is 1. The molecule has 3 rings (SSSR count). The Kier molecular flexibility index (Phi) is 2.94. The second-order valence-corrected chi connectivity index (χ2v) is 5.39. The van der Waals surface area contributed by atoms with Crippen molar-refractivity contribution in [3.63, 3.8) is 0 Å². The Morgan fingerprint density at radius 2 is 1.84 bits per heavy atom. The van der Waals surface area contributed by atoms with Crippen molar-refractivity contribution in [1.82, 2.24) is 4.98 Å². The molecule has 96 valence electrons. The van der Waals surface area contributed by atoms with Gasteiger partial charge in [-0.15, -0.1) is 0 Å². The van der Waals surface area contributed by atoms with E-state index in [1.165, 1.54) is 11.1 Å². The Balaban J connectivity index is 2.01. The molecular formula is C17H18N2. The highest BCUT2D eigenvalue weighted by Gasteiger charge is 2.25. The zero-order valence-electron chi connectivity index (χ0n) is 11.4. The average Bonchev–Trinajstić information content (AvgIpc) is 2.38. The van der Waals surface area contributed by atoms with Gasteiger partial charge in [0.2, 0.25) is 0 Å². The monoisotopic (exact) mass is 250 g/mol. The third-order valence-electron chi connectivity index (χ3n) is 3.96. The summed E-state index contributed by atoms with van der Waals surface area (Å²) >= 11 is 0. The minimum absolute atomic E-state index is 0.399. The summed E-state index contributed by atoms with van der Waals surface area (Å²) in [5, 5.41) is 8.25. The first-order valence-corrected chi connectivity index (χ1v) is 6.75. The Morgan fingerprint density at radius 1 is 1.05 bits per heavy atom. The second kappa shape index (κ2) is 4.61. The van der Waals surface area contributed by atoms with Crippen LogP contribution < -0.4 is 0 Å². The van der Waals surface area contributed by atoms with Crippen molar-refractivity contribution >= 4 is 5.71 Å². The van der Waals surface area contributed by atoms with Crippen LogP contribution in [-0.2, 0) is 6.42 Å². The van der Waals surface area contributed by atoms with Gasteiger partial charge in [-0.25, -0.2) is 0 Å². The average molecular weight is 250 g/mol. The number of rotatable bonds is 1. The van der Waals surface area contributed by atoms with Crippen molar-refractivity contribution in [3.05, 3.63) is 64.5 Å². The first-order valence-electron chi connectivity index (χ1n) is 6.75. The van der Waals surface area contributed by atoms with Gasteiger partial charge in [0.15, 0.2) is 0 Å². The van der Waals surface area contributed by atoms with E-state index in [0.717, 1.165) is 35.5 Å². The summed E-state index contributed by atoms with van der Waals surface area (Å²) in [5.41, 5.74) is 6.57. The van der Waals surface area contributed by atoms with Crippen LogP contribution in [-0.4, -0.2) is 10.7 Å². The van der Waals surface area contributed by atoms with E-state index in [4.69, 9.17) is 5.41 Å². The van der Waals surface area contributed by atoms with E-state index in [9.17, 15) is 0 Å². The number of hydrogen-bond acceptors (Lipinski definition) is 2. The normalized spacial score (nSPS) is 18.2. The molecule has 1 aromatic carbocycles. The number of nitrogens with zero attached hydrogens (tertiary/aromatic N) is 1. The molecule has 1 aliphatic rings. The quantitative estimate of drug-likeness (QED) is 0.821. The molecule has 1 atom stereocenters. The third-order valence-corrected chi connectivity index (χ3v) is 3.96. The van der Waals surface area contributed by atoms with Crippen LogP contribution in [0.1, 0.15) is 40.4 Å². The second-order valence-electron chi connectivity index (χ2n) is 5.39. The molecule has 1 heterocycles. The van der Waals surface area contributed by atoms with Crippen LogP contribution in [0, 0.1) is 19.3 Å². The number of pyridine rings is 1. The van der Waals surface area contributed by atoms with Crippen molar-refractivity contribution in [3.8, 4) is 0 Å². The van der Waals surface area contributed by atoms with E-state index in [-0.39, 0.29) is 0 Å². The lowest BCUT2D eigenvalue weighted by molar-refractivity contribution is 0.672. The molecule has 19 heavy (non-hydrogen) atoms. The van der Waals surface area contributed by atoms with Gasteiger partial charge in [0.1, 0.15) is 0 Å². The first-order chi connectivity index (χ1) is 9.15. The van der Waals surface area contributed by atoms with E-state index in [2.05, 4.69) is 36.2 Å². The van der Waals surface area contributed by atoms with Gasteiger partial charge in [-0.05, 0) is 55.9 Å². The molecule has 0 bridgehead atoms. The van der Waals surface area contributed by atoms with Crippen LogP contribution in [0.3, 0.4) is 0 Å². The summed E-state index contributed by atoms with van der Waals surface area (Å²) in [6.07, 6.45) is 1.77. The maximum absolute atomic E-state index is 8.25. The lowest BCUT2D eigenvalue weighted by atomic mass is 9.80. The van der Waals surface area contributed by atoms with Crippen LogP contribution in [0.25, 0.3) is 0 Å². The zero-order valence-corrected chi connectivity index (χ0v) is 11.4. The van der Waals surface area contributed by atoms with Crippen molar-refractivity contribution in [2.24, 2.45) is 0 Å².